The normalized spacial score (nSPS) is 23.4. The third-order valence-electron chi connectivity index (χ3n) is 4.64. The molecule has 0 unspecified atom stereocenters. The van der Waals surface area contributed by atoms with Crippen LogP contribution in [0.5, 0.6) is 5.88 Å². The molecule has 0 radical (unpaired) electrons. The van der Waals surface area contributed by atoms with Crippen LogP contribution >= 0.6 is 0 Å². The van der Waals surface area contributed by atoms with Crippen molar-refractivity contribution in [3.63, 3.8) is 0 Å². The van der Waals surface area contributed by atoms with Gasteiger partial charge in [-0.2, -0.15) is 0 Å². The fourth-order valence-electron chi connectivity index (χ4n) is 3.26. The van der Waals surface area contributed by atoms with Crippen molar-refractivity contribution in [1.29, 1.82) is 0 Å². The number of hydrogen-bond donors (Lipinski definition) is 2. The lowest BCUT2D eigenvalue weighted by Gasteiger charge is -2.29. The number of methoxy groups -OCH3 is 1. The van der Waals surface area contributed by atoms with E-state index in [0.29, 0.717) is 24.3 Å². The first-order valence-corrected chi connectivity index (χ1v) is 7.89. The van der Waals surface area contributed by atoms with Crippen LogP contribution in [0.4, 0.5) is 0 Å². The Kier molecular flexibility index (Phi) is 4.55. The molecule has 2 heterocycles. The molecule has 1 fully saturated rings. The second-order valence-corrected chi connectivity index (χ2v) is 6.14. The van der Waals surface area contributed by atoms with Gasteiger partial charge in [-0.25, -0.2) is 4.98 Å². The second kappa shape index (κ2) is 6.58. The maximum absolute atomic E-state index is 10.6. The molecule has 0 saturated heterocycles. The topological polar surface area (TPSA) is 81.3 Å². The number of fused-ring (bicyclic) bond motifs is 1. The summed E-state index contributed by atoms with van der Waals surface area (Å²) in [6.07, 6.45) is 6.03. The summed E-state index contributed by atoms with van der Waals surface area (Å²) in [5, 5.41) is 10.6. The van der Waals surface area contributed by atoms with Gasteiger partial charge in [0.2, 0.25) is 5.88 Å². The first-order valence-electron chi connectivity index (χ1n) is 7.89. The maximum atomic E-state index is 10.6. The first-order chi connectivity index (χ1) is 10.7. The van der Waals surface area contributed by atoms with Crippen LogP contribution in [0.2, 0.25) is 0 Å². The third-order valence-corrected chi connectivity index (χ3v) is 4.64. The molecule has 0 aromatic carbocycles. The van der Waals surface area contributed by atoms with Crippen molar-refractivity contribution in [3.8, 4) is 5.88 Å². The van der Waals surface area contributed by atoms with Crippen molar-refractivity contribution in [2.75, 3.05) is 7.11 Å². The highest BCUT2D eigenvalue weighted by molar-refractivity contribution is 5.78. The van der Waals surface area contributed by atoms with E-state index in [1.165, 1.54) is 0 Å². The molecule has 1 aliphatic carbocycles. The molecule has 2 aromatic rings. The summed E-state index contributed by atoms with van der Waals surface area (Å²) in [5.41, 5.74) is 8.61. The van der Waals surface area contributed by atoms with Crippen LogP contribution in [0.3, 0.4) is 0 Å². The van der Waals surface area contributed by atoms with Gasteiger partial charge >= 0.3 is 0 Å². The van der Waals surface area contributed by atoms with Crippen LogP contribution in [-0.4, -0.2) is 34.3 Å². The van der Waals surface area contributed by atoms with E-state index in [1.807, 2.05) is 12.1 Å². The number of aliphatic hydroxyl groups is 1. The summed E-state index contributed by atoms with van der Waals surface area (Å²) in [4.78, 5) is 8.82. The van der Waals surface area contributed by atoms with Gasteiger partial charge in [0.05, 0.1) is 24.2 Å². The Bertz CT molecular complexity index is 639. The molecule has 118 valence electrons. The minimum atomic E-state index is -0.355. The van der Waals surface area contributed by atoms with Gasteiger partial charge in [-0.1, -0.05) is 0 Å². The van der Waals surface area contributed by atoms with Crippen LogP contribution < -0.4 is 10.5 Å². The van der Waals surface area contributed by atoms with E-state index in [-0.39, 0.29) is 6.10 Å². The molecule has 0 aliphatic heterocycles. The predicted molar refractivity (Wildman–Crippen MR) is 85.7 cm³/mol. The van der Waals surface area contributed by atoms with Gasteiger partial charge in [-0.05, 0) is 49.3 Å². The van der Waals surface area contributed by atoms with Crippen LogP contribution in [0.1, 0.15) is 31.2 Å². The van der Waals surface area contributed by atoms with Crippen LogP contribution in [0, 0.1) is 5.92 Å². The van der Waals surface area contributed by atoms with E-state index in [0.717, 1.165) is 42.3 Å². The number of nitrogens with zero attached hydrogens (tertiary/aromatic N) is 2. The number of hydrogen-bond acceptors (Lipinski definition) is 5. The molecular formula is C17H23N3O2. The van der Waals surface area contributed by atoms with Gasteiger partial charge in [-0.3, -0.25) is 4.98 Å². The predicted octanol–water partition coefficient (Wildman–Crippen LogP) is 2.06. The Morgan fingerprint density at radius 3 is 2.77 bits per heavy atom. The van der Waals surface area contributed by atoms with Crippen molar-refractivity contribution in [2.24, 2.45) is 11.7 Å². The number of aromatic nitrogens is 2. The fraction of sp³-hybridized carbons (Fsp3) is 0.529. The van der Waals surface area contributed by atoms with E-state index in [1.54, 1.807) is 19.4 Å². The van der Waals surface area contributed by atoms with E-state index in [2.05, 4.69) is 9.97 Å². The van der Waals surface area contributed by atoms with Gasteiger partial charge in [-0.15, -0.1) is 0 Å². The lowest BCUT2D eigenvalue weighted by Crippen LogP contribution is -2.32. The lowest BCUT2D eigenvalue weighted by atomic mass is 9.81. The summed E-state index contributed by atoms with van der Waals surface area (Å²) in [5.74, 6) is 0.897. The monoisotopic (exact) mass is 301 g/mol. The highest BCUT2D eigenvalue weighted by Gasteiger charge is 2.25. The largest absolute Gasteiger partial charge is 0.481 e. The van der Waals surface area contributed by atoms with Gasteiger partial charge < -0.3 is 15.6 Å². The summed E-state index contributed by atoms with van der Waals surface area (Å²) in [6, 6.07) is 5.94. The molecule has 3 rings (SSSR count). The molecular weight excluding hydrogens is 278 g/mol. The minimum Gasteiger partial charge on any atom is -0.481 e. The van der Waals surface area contributed by atoms with E-state index < -0.39 is 0 Å². The Morgan fingerprint density at radius 1 is 1.27 bits per heavy atom. The standard InChI is InChI=1S/C17H23N3O2/c1-22-16-7-6-14-17(20-16)12(8-9-19-14)10-15(21)11-2-4-13(18)5-3-11/h6-9,11,13,15,21H,2-5,10,18H2,1H3/t11?,13?,15-/m1/s1. The number of ether oxygens (including phenoxy) is 1. The third kappa shape index (κ3) is 3.20. The zero-order chi connectivity index (χ0) is 15.5. The van der Waals surface area contributed by atoms with Crippen molar-refractivity contribution >= 4 is 11.0 Å². The molecule has 22 heavy (non-hydrogen) atoms. The first kappa shape index (κ1) is 15.2. The number of aliphatic hydroxyl groups excluding tert-OH is 1. The number of rotatable bonds is 4. The quantitative estimate of drug-likeness (QED) is 0.903. The molecule has 0 bridgehead atoms. The highest BCUT2D eigenvalue weighted by atomic mass is 16.5. The maximum Gasteiger partial charge on any atom is 0.213 e. The Balaban J connectivity index is 1.80. The molecule has 1 aliphatic rings. The average Bonchev–Trinajstić information content (AvgIpc) is 2.55. The van der Waals surface area contributed by atoms with Crippen LogP contribution in [0.25, 0.3) is 11.0 Å². The molecule has 0 amide bonds. The smallest absolute Gasteiger partial charge is 0.213 e. The summed E-state index contributed by atoms with van der Waals surface area (Å²) in [6.45, 7) is 0. The van der Waals surface area contributed by atoms with Crippen molar-refractivity contribution in [3.05, 3.63) is 30.0 Å². The fourth-order valence-corrected chi connectivity index (χ4v) is 3.26. The number of nitrogens with two attached hydrogens (primary N) is 1. The highest BCUT2D eigenvalue weighted by Crippen LogP contribution is 2.29. The zero-order valence-corrected chi connectivity index (χ0v) is 12.9. The van der Waals surface area contributed by atoms with Crippen LogP contribution in [0.15, 0.2) is 24.4 Å². The average molecular weight is 301 g/mol. The van der Waals surface area contributed by atoms with E-state index >= 15 is 0 Å². The van der Waals surface area contributed by atoms with Gasteiger partial charge in [0.15, 0.2) is 0 Å². The minimum absolute atomic E-state index is 0.302. The SMILES string of the molecule is COc1ccc2nccc(C[C@@H](O)C3CCC(N)CC3)c2n1. The Labute approximate surface area is 130 Å². The lowest BCUT2D eigenvalue weighted by molar-refractivity contribution is 0.0819. The molecule has 1 atom stereocenters. The van der Waals surface area contributed by atoms with Crippen molar-refractivity contribution < 1.29 is 9.84 Å². The Hall–Kier alpha value is -1.72. The molecule has 1 saturated carbocycles. The summed E-state index contributed by atoms with van der Waals surface area (Å²) < 4.78 is 5.20. The summed E-state index contributed by atoms with van der Waals surface area (Å²) in [7, 11) is 1.60. The van der Waals surface area contributed by atoms with E-state index in [9.17, 15) is 5.11 Å². The van der Waals surface area contributed by atoms with Crippen molar-refractivity contribution in [1.82, 2.24) is 9.97 Å². The molecule has 5 heteroatoms. The van der Waals surface area contributed by atoms with Crippen LogP contribution in [-0.2, 0) is 6.42 Å². The summed E-state index contributed by atoms with van der Waals surface area (Å²) >= 11 is 0. The van der Waals surface area contributed by atoms with Crippen molar-refractivity contribution in [2.45, 2.75) is 44.2 Å². The van der Waals surface area contributed by atoms with Gasteiger partial charge in [0, 0.05) is 24.7 Å². The molecule has 5 nitrogen and oxygen atoms in total. The molecule has 0 spiro atoms. The van der Waals surface area contributed by atoms with E-state index in [4.69, 9.17) is 10.5 Å². The number of pyridine rings is 2. The molecule has 3 N–H and O–H groups in total. The van der Waals surface area contributed by atoms with Gasteiger partial charge in [0.25, 0.3) is 0 Å². The zero-order valence-electron chi connectivity index (χ0n) is 12.9. The molecule has 2 aromatic heterocycles. The second-order valence-electron chi connectivity index (χ2n) is 6.14. The Morgan fingerprint density at radius 2 is 2.05 bits per heavy atom. The van der Waals surface area contributed by atoms with Gasteiger partial charge in [0.1, 0.15) is 0 Å².